The zero-order valence-electron chi connectivity index (χ0n) is 18.5. The summed E-state index contributed by atoms with van der Waals surface area (Å²) < 4.78 is 35.2. The predicted octanol–water partition coefficient (Wildman–Crippen LogP) is 7.28. The van der Waals surface area contributed by atoms with Crippen molar-refractivity contribution in [3.05, 3.63) is 117 Å². The van der Waals surface area contributed by atoms with Crippen LogP contribution in [0, 0.1) is 0 Å². The van der Waals surface area contributed by atoms with E-state index in [1.807, 2.05) is 24.3 Å². The number of carbonyl (C=O) groups is 1. The van der Waals surface area contributed by atoms with Gasteiger partial charge in [-0.1, -0.05) is 63.4 Å². The van der Waals surface area contributed by atoms with Crippen LogP contribution in [0.1, 0.15) is 15.9 Å². The van der Waals surface area contributed by atoms with E-state index in [2.05, 4.69) is 26.0 Å². The lowest BCUT2D eigenvalue weighted by Gasteiger charge is -2.14. The first-order valence-electron chi connectivity index (χ1n) is 10.6. The van der Waals surface area contributed by atoms with Crippen LogP contribution < -0.4 is 14.8 Å². The summed E-state index contributed by atoms with van der Waals surface area (Å²) >= 11 is 15.6. The molecule has 0 fully saturated rings. The van der Waals surface area contributed by atoms with Crippen molar-refractivity contribution in [1.29, 1.82) is 0 Å². The fourth-order valence-electron chi connectivity index (χ4n) is 3.22. The lowest BCUT2D eigenvalue weighted by molar-refractivity contribution is 0.0952. The average molecular weight is 606 g/mol. The van der Waals surface area contributed by atoms with Gasteiger partial charge in [-0.15, -0.1) is 0 Å². The number of carbonyl (C=O) groups excluding carboxylic acids is 1. The van der Waals surface area contributed by atoms with Crippen molar-refractivity contribution < 1.29 is 17.9 Å². The molecular formula is C26H19BrCl2N2O4S. The highest BCUT2D eigenvalue weighted by atomic mass is 79.9. The number of sulfonamides is 1. The van der Waals surface area contributed by atoms with Gasteiger partial charge in [0.15, 0.2) is 0 Å². The molecule has 0 aliphatic rings. The third-order valence-corrected chi connectivity index (χ3v) is 7.49. The van der Waals surface area contributed by atoms with Crippen molar-refractivity contribution >= 4 is 60.7 Å². The first-order chi connectivity index (χ1) is 17.2. The predicted molar refractivity (Wildman–Crippen MR) is 146 cm³/mol. The molecule has 10 heteroatoms. The van der Waals surface area contributed by atoms with Crippen LogP contribution in [0.25, 0.3) is 0 Å². The van der Waals surface area contributed by atoms with Crippen molar-refractivity contribution in [2.24, 2.45) is 0 Å². The Hall–Kier alpha value is -3.04. The molecule has 0 bridgehead atoms. The van der Waals surface area contributed by atoms with Crippen LogP contribution in [0.15, 0.2) is 100 Å². The molecule has 0 aliphatic heterocycles. The monoisotopic (exact) mass is 604 g/mol. The molecule has 2 N–H and O–H groups in total. The second kappa shape index (κ2) is 11.3. The first-order valence-corrected chi connectivity index (χ1v) is 13.6. The third-order valence-electron chi connectivity index (χ3n) is 5.04. The molecule has 0 unspecified atom stereocenters. The van der Waals surface area contributed by atoms with E-state index in [9.17, 15) is 13.2 Å². The van der Waals surface area contributed by atoms with Crippen LogP contribution in [0.3, 0.4) is 0 Å². The number of anilines is 1. The van der Waals surface area contributed by atoms with E-state index in [-0.39, 0.29) is 22.7 Å². The minimum absolute atomic E-state index is 0.00909. The number of benzene rings is 4. The summed E-state index contributed by atoms with van der Waals surface area (Å²) in [6.07, 6.45) is 0. The smallest absolute Gasteiger partial charge is 0.261 e. The SMILES string of the molecule is O=C(NCc1ccc(Br)cc1)c1cc(Cl)ccc1NS(=O)(=O)c1ccc(Oc2ccccc2Cl)cc1. The van der Waals surface area contributed by atoms with E-state index in [1.54, 1.807) is 24.3 Å². The zero-order chi connectivity index (χ0) is 25.7. The Morgan fingerprint density at radius 1 is 0.889 bits per heavy atom. The second-order valence-corrected chi connectivity index (χ2v) is 11.1. The van der Waals surface area contributed by atoms with E-state index in [1.165, 1.54) is 42.5 Å². The molecule has 4 aromatic carbocycles. The molecule has 0 radical (unpaired) electrons. The summed E-state index contributed by atoms with van der Waals surface area (Å²) in [6.45, 7) is 0.262. The summed E-state index contributed by atoms with van der Waals surface area (Å²) in [4.78, 5) is 12.9. The molecular weight excluding hydrogens is 587 g/mol. The van der Waals surface area contributed by atoms with Crippen LogP contribution in [-0.2, 0) is 16.6 Å². The van der Waals surface area contributed by atoms with Gasteiger partial charge in [0, 0.05) is 16.0 Å². The Labute approximate surface area is 227 Å². The van der Waals surface area contributed by atoms with E-state index >= 15 is 0 Å². The van der Waals surface area contributed by atoms with Crippen LogP contribution >= 0.6 is 39.1 Å². The first kappa shape index (κ1) is 26.0. The molecule has 4 rings (SSSR count). The largest absolute Gasteiger partial charge is 0.456 e. The summed E-state index contributed by atoms with van der Waals surface area (Å²) in [5.41, 5.74) is 1.08. The van der Waals surface area contributed by atoms with Crippen molar-refractivity contribution in [2.45, 2.75) is 11.4 Å². The molecule has 1 amide bonds. The molecule has 0 heterocycles. The minimum Gasteiger partial charge on any atom is -0.456 e. The molecule has 0 aliphatic carbocycles. The Morgan fingerprint density at radius 3 is 2.28 bits per heavy atom. The van der Waals surface area contributed by atoms with Gasteiger partial charge in [-0.05, 0) is 72.3 Å². The van der Waals surface area contributed by atoms with Crippen molar-refractivity contribution in [3.8, 4) is 11.5 Å². The van der Waals surface area contributed by atoms with Gasteiger partial charge in [-0.25, -0.2) is 8.42 Å². The fraction of sp³-hybridized carbons (Fsp3) is 0.0385. The molecule has 6 nitrogen and oxygen atoms in total. The molecule has 0 saturated carbocycles. The third kappa shape index (κ3) is 6.59. The molecule has 36 heavy (non-hydrogen) atoms. The van der Waals surface area contributed by atoms with Gasteiger partial charge < -0.3 is 10.1 Å². The number of rotatable bonds is 8. The second-order valence-electron chi connectivity index (χ2n) is 7.61. The normalized spacial score (nSPS) is 11.1. The Kier molecular flexibility index (Phi) is 8.21. The molecule has 0 aromatic heterocycles. The number of amides is 1. The highest BCUT2D eigenvalue weighted by molar-refractivity contribution is 9.10. The Morgan fingerprint density at radius 2 is 1.58 bits per heavy atom. The van der Waals surface area contributed by atoms with Gasteiger partial charge in [0.1, 0.15) is 11.5 Å². The highest BCUT2D eigenvalue weighted by Gasteiger charge is 2.20. The Balaban J connectivity index is 1.50. The van der Waals surface area contributed by atoms with Gasteiger partial charge in [-0.3, -0.25) is 9.52 Å². The van der Waals surface area contributed by atoms with Gasteiger partial charge in [0.2, 0.25) is 0 Å². The van der Waals surface area contributed by atoms with Crippen molar-refractivity contribution in [1.82, 2.24) is 5.32 Å². The molecule has 184 valence electrons. The summed E-state index contributed by atoms with van der Waals surface area (Å²) in [6, 6.07) is 24.6. The quantitative estimate of drug-likeness (QED) is 0.221. The Bertz CT molecular complexity index is 1500. The standard InChI is InChI=1S/C26H19BrCl2N2O4S/c27-18-7-5-17(6-8-18)16-30-26(32)22-15-19(28)9-14-24(22)31-36(33,34)21-12-10-20(11-13-21)35-25-4-2-1-3-23(25)29/h1-15,31H,16H2,(H,30,32). The van der Waals surface area contributed by atoms with Gasteiger partial charge in [0.05, 0.1) is 21.2 Å². The summed E-state index contributed by atoms with van der Waals surface area (Å²) in [5.74, 6) is 0.399. The molecule has 0 atom stereocenters. The molecule has 0 saturated heterocycles. The van der Waals surface area contributed by atoms with E-state index in [0.717, 1.165) is 10.0 Å². The summed E-state index contributed by atoms with van der Waals surface area (Å²) in [5, 5.41) is 3.52. The maximum absolute atomic E-state index is 13.1. The van der Waals surface area contributed by atoms with E-state index < -0.39 is 15.9 Å². The maximum atomic E-state index is 13.1. The number of halogens is 3. The fourth-order valence-corrected chi connectivity index (χ4v) is 4.91. The number of hydrogen-bond donors (Lipinski definition) is 2. The van der Waals surface area contributed by atoms with Crippen LogP contribution in [0.4, 0.5) is 5.69 Å². The average Bonchev–Trinajstić information content (AvgIpc) is 2.86. The van der Waals surface area contributed by atoms with Gasteiger partial charge in [-0.2, -0.15) is 0 Å². The van der Waals surface area contributed by atoms with Crippen LogP contribution in [0.2, 0.25) is 10.0 Å². The number of para-hydroxylation sites is 1. The topological polar surface area (TPSA) is 84.5 Å². The number of hydrogen-bond acceptors (Lipinski definition) is 4. The lowest BCUT2D eigenvalue weighted by Crippen LogP contribution is -2.25. The number of ether oxygens (including phenoxy) is 1. The minimum atomic E-state index is -4.01. The highest BCUT2D eigenvalue weighted by Crippen LogP contribution is 2.30. The number of nitrogens with one attached hydrogen (secondary N) is 2. The lowest BCUT2D eigenvalue weighted by atomic mass is 10.1. The van der Waals surface area contributed by atoms with Gasteiger partial charge >= 0.3 is 0 Å². The molecule has 0 spiro atoms. The van der Waals surface area contributed by atoms with Crippen LogP contribution in [0.5, 0.6) is 11.5 Å². The zero-order valence-corrected chi connectivity index (χ0v) is 22.5. The van der Waals surface area contributed by atoms with Gasteiger partial charge in [0.25, 0.3) is 15.9 Å². The van der Waals surface area contributed by atoms with E-state index in [4.69, 9.17) is 27.9 Å². The van der Waals surface area contributed by atoms with Crippen molar-refractivity contribution in [3.63, 3.8) is 0 Å². The molecule has 4 aromatic rings. The van der Waals surface area contributed by atoms with Crippen LogP contribution in [-0.4, -0.2) is 14.3 Å². The van der Waals surface area contributed by atoms with E-state index in [0.29, 0.717) is 21.5 Å². The summed E-state index contributed by atoms with van der Waals surface area (Å²) in [7, 11) is -4.01. The maximum Gasteiger partial charge on any atom is 0.261 e. The van der Waals surface area contributed by atoms with Crippen molar-refractivity contribution in [2.75, 3.05) is 4.72 Å².